The third kappa shape index (κ3) is 5.04. The molecule has 5 rings (SSSR count). The lowest BCUT2D eigenvalue weighted by Crippen LogP contribution is -2.55. The van der Waals surface area contributed by atoms with Crippen molar-refractivity contribution in [3.05, 3.63) is 22.7 Å². The fraction of sp³-hybridized carbons (Fsp3) is 0.654. The number of carbonyl (C=O) groups is 2. The Balaban J connectivity index is 1.30. The smallest absolute Gasteiger partial charge is 0.322 e. The third-order valence-electron chi connectivity index (χ3n) is 8.16. The van der Waals surface area contributed by atoms with Crippen LogP contribution in [0.4, 0.5) is 0 Å². The van der Waals surface area contributed by atoms with Crippen molar-refractivity contribution in [3.8, 4) is 5.75 Å². The lowest BCUT2D eigenvalue weighted by atomic mass is 9.77. The molecule has 3 heterocycles. The van der Waals surface area contributed by atoms with Gasteiger partial charge in [0, 0.05) is 36.1 Å². The highest BCUT2D eigenvalue weighted by Crippen LogP contribution is 2.48. The van der Waals surface area contributed by atoms with Crippen LogP contribution >= 0.6 is 11.3 Å². The molecule has 2 N–H and O–H groups in total. The van der Waals surface area contributed by atoms with E-state index >= 15 is 0 Å². The van der Waals surface area contributed by atoms with E-state index in [1.54, 1.807) is 11.3 Å². The number of aromatic nitrogens is 1. The van der Waals surface area contributed by atoms with Crippen molar-refractivity contribution in [2.45, 2.75) is 75.9 Å². The van der Waals surface area contributed by atoms with Gasteiger partial charge in [-0.3, -0.25) is 14.5 Å². The summed E-state index contributed by atoms with van der Waals surface area (Å²) in [6.45, 7) is 5.67. The van der Waals surface area contributed by atoms with E-state index in [1.165, 1.54) is 10.4 Å². The molecule has 1 aliphatic heterocycles. The van der Waals surface area contributed by atoms with Crippen LogP contribution in [0.2, 0.25) is 0 Å². The Bertz CT molecular complexity index is 1070. The third-order valence-corrected chi connectivity index (χ3v) is 9.33. The van der Waals surface area contributed by atoms with Gasteiger partial charge in [-0.1, -0.05) is 6.92 Å². The minimum absolute atomic E-state index is 0.0690. The molecule has 190 valence electrons. The Kier molecular flexibility index (Phi) is 7.27. The summed E-state index contributed by atoms with van der Waals surface area (Å²) in [6, 6.07) is 1.97. The van der Waals surface area contributed by atoms with E-state index in [1.807, 2.05) is 12.3 Å². The number of hydrogen-bond donors (Lipinski definition) is 2. The molecule has 0 radical (unpaired) electrons. The summed E-state index contributed by atoms with van der Waals surface area (Å²) in [5.74, 6) is -0.299. The van der Waals surface area contributed by atoms with Gasteiger partial charge in [-0.2, -0.15) is 0 Å². The Morgan fingerprint density at radius 1 is 1.29 bits per heavy atom. The monoisotopic (exact) mass is 501 g/mol. The van der Waals surface area contributed by atoms with E-state index in [2.05, 4.69) is 22.1 Å². The number of rotatable bonds is 8. The van der Waals surface area contributed by atoms with Crippen LogP contribution in [-0.2, 0) is 20.7 Å². The van der Waals surface area contributed by atoms with Crippen LogP contribution in [0, 0.1) is 0 Å². The van der Waals surface area contributed by atoms with Crippen molar-refractivity contribution in [2.24, 2.45) is 0 Å². The first kappa shape index (κ1) is 24.5. The number of carboxylic acids is 1. The molecule has 2 fully saturated rings. The fourth-order valence-corrected chi connectivity index (χ4v) is 7.52. The molecule has 2 aliphatic carbocycles. The van der Waals surface area contributed by atoms with Crippen LogP contribution in [-0.4, -0.2) is 71.4 Å². The number of ether oxygens (including phenoxy) is 2. The number of fused-ring (bicyclic) bond motifs is 3. The van der Waals surface area contributed by atoms with Crippen molar-refractivity contribution in [1.82, 2.24) is 15.2 Å². The summed E-state index contributed by atoms with van der Waals surface area (Å²) < 4.78 is 12.2. The maximum Gasteiger partial charge on any atom is 0.322 e. The Morgan fingerprint density at radius 2 is 2.06 bits per heavy atom. The van der Waals surface area contributed by atoms with Gasteiger partial charge in [0.15, 0.2) is 0 Å². The van der Waals surface area contributed by atoms with E-state index < -0.39 is 5.97 Å². The van der Waals surface area contributed by atoms with Gasteiger partial charge in [0.05, 0.1) is 24.7 Å². The maximum atomic E-state index is 12.4. The second-order valence-electron chi connectivity index (χ2n) is 10.0. The highest BCUT2D eigenvalue weighted by atomic mass is 32.1. The lowest BCUT2D eigenvalue weighted by molar-refractivity contribution is -0.138. The molecule has 9 heteroatoms. The average Bonchev–Trinajstić information content (AvgIpc) is 3.44. The van der Waals surface area contributed by atoms with Crippen LogP contribution in [0.5, 0.6) is 5.75 Å². The molecule has 0 unspecified atom stereocenters. The number of amides is 1. The van der Waals surface area contributed by atoms with Crippen molar-refractivity contribution < 1.29 is 24.2 Å². The first-order valence-corrected chi connectivity index (χ1v) is 13.7. The number of morpholine rings is 1. The molecular formula is C26H35N3O5S. The van der Waals surface area contributed by atoms with E-state index in [9.17, 15) is 9.59 Å². The SMILES string of the molecule is CC[C@]1(N2CCOCC2)CC[C@H](Oc2ccnc3sc4c(c23)[C@@H](CC(=O)NCC(=O)O)CC4)CC1. The zero-order chi connectivity index (χ0) is 24.4. The normalized spacial score (nSPS) is 27.0. The van der Waals surface area contributed by atoms with E-state index in [0.29, 0.717) is 6.42 Å². The lowest BCUT2D eigenvalue weighted by Gasteiger charge is -2.49. The average molecular weight is 502 g/mol. The Hall–Kier alpha value is -2.23. The number of nitrogens with one attached hydrogen (secondary N) is 1. The van der Waals surface area contributed by atoms with Gasteiger partial charge in [0.2, 0.25) is 5.91 Å². The van der Waals surface area contributed by atoms with Gasteiger partial charge in [0.25, 0.3) is 0 Å². The summed E-state index contributed by atoms with van der Waals surface area (Å²) in [6.07, 6.45) is 9.60. The van der Waals surface area contributed by atoms with Crippen LogP contribution in [0.15, 0.2) is 12.3 Å². The number of pyridine rings is 1. The molecule has 1 amide bonds. The number of carboxylic acid groups (broad SMARTS) is 1. The van der Waals surface area contributed by atoms with Crippen LogP contribution in [0.25, 0.3) is 10.2 Å². The topological polar surface area (TPSA) is 101 Å². The zero-order valence-corrected chi connectivity index (χ0v) is 21.2. The Labute approximate surface area is 210 Å². The number of nitrogens with zero attached hydrogens (tertiary/aromatic N) is 2. The van der Waals surface area contributed by atoms with Gasteiger partial charge >= 0.3 is 5.97 Å². The number of aliphatic carboxylic acids is 1. The van der Waals surface area contributed by atoms with Gasteiger partial charge in [-0.25, -0.2) is 4.98 Å². The fourth-order valence-electron chi connectivity index (χ4n) is 6.26. The van der Waals surface area contributed by atoms with E-state index in [4.69, 9.17) is 14.6 Å². The summed E-state index contributed by atoms with van der Waals surface area (Å²) in [7, 11) is 0. The van der Waals surface area contributed by atoms with Crippen LogP contribution in [0.1, 0.15) is 68.2 Å². The first-order chi connectivity index (χ1) is 17.0. The summed E-state index contributed by atoms with van der Waals surface area (Å²) in [5.41, 5.74) is 1.44. The minimum atomic E-state index is -1.03. The number of carbonyl (C=O) groups excluding carboxylic acids is 1. The number of hydrogen-bond acceptors (Lipinski definition) is 7. The highest BCUT2D eigenvalue weighted by molar-refractivity contribution is 7.19. The van der Waals surface area contributed by atoms with Gasteiger partial charge in [-0.05, 0) is 62.5 Å². The predicted molar refractivity (Wildman–Crippen MR) is 134 cm³/mol. The predicted octanol–water partition coefficient (Wildman–Crippen LogP) is 3.72. The number of thiophene rings is 1. The standard InChI is InChI=1S/C26H35N3O5S/c1-2-26(29-11-13-33-14-12-29)8-5-18(6-9-26)34-19-7-10-27-25-24(19)23-17(3-4-20(23)35-25)15-21(30)28-16-22(31)32/h7,10,17-18H,2-6,8-9,11-16H2,1H3,(H,28,30)(H,31,32)/t17-,18-,26-/m1/s1. The molecule has 3 aliphatic rings. The molecule has 1 saturated carbocycles. The first-order valence-electron chi connectivity index (χ1n) is 12.9. The zero-order valence-electron chi connectivity index (χ0n) is 20.4. The summed E-state index contributed by atoms with van der Waals surface area (Å²) in [4.78, 5) is 32.7. The molecule has 0 aromatic carbocycles. The van der Waals surface area contributed by atoms with Crippen LogP contribution in [0.3, 0.4) is 0 Å². The van der Waals surface area contributed by atoms with Crippen molar-refractivity contribution in [1.29, 1.82) is 0 Å². The molecule has 0 bridgehead atoms. The molecule has 2 aromatic heterocycles. The second-order valence-corrected chi connectivity index (χ2v) is 11.1. The van der Waals surface area contributed by atoms with Crippen molar-refractivity contribution in [3.63, 3.8) is 0 Å². The van der Waals surface area contributed by atoms with E-state index in [-0.39, 0.29) is 30.0 Å². The molecule has 8 nitrogen and oxygen atoms in total. The molecular weight excluding hydrogens is 466 g/mol. The van der Waals surface area contributed by atoms with Crippen molar-refractivity contribution in [2.75, 3.05) is 32.8 Å². The molecule has 1 saturated heterocycles. The van der Waals surface area contributed by atoms with E-state index in [0.717, 1.165) is 87.2 Å². The van der Waals surface area contributed by atoms with Crippen molar-refractivity contribution >= 4 is 33.4 Å². The molecule has 1 atom stereocenters. The largest absolute Gasteiger partial charge is 0.490 e. The van der Waals surface area contributed by atoms with Crippen LogP contribution < -0.4 is 10.1 Å². The summed E-state index contributed by atoms with van der Waals surface area (Å²) >= 11 is 1.70. The molecule has 0 spiro atoms. The number of aryl methyl sites for hydroxylation is 1. The van der Waals surface area contributed by atoms with Gasteiger partial charge < -0.3 is 19.9 Å². The molecule has 2 aromatic rings. The quantitative estimate of drug-likeness (QED) is 0.569. The Morgan fingerprint density at radius 3 is 2.77 bits per heavy atom. The second kappa shape index (κ2) is 10.4. The van der Waals surface area contributed by atoms with Gasteiger partial charge in [0.1, 0.15) is 17.1 Å². The maximum absolute atomic E-state index is 12.4. The minimum Gasteiger partial charge on any atom is -0.490 e. The highest BCUT2D eigenvalue weighted by Gasteiger charge is 2.40. The molecule has 35 heavy (non-hydrogen) atoms. The summed E-state index contributed by atoms with van der Waals surface area (Å²) in [5, 5.41) is 12.4. The van der Waals surface area contributed by atoms with Gasteiger partial charge in [-0.15, -0.1) is 11.3 Å².